The summed E-state index contributed by atoms with van der Waals surface area (Å²) in [4.78, 5) is 35.9. The van der Waals surface area contributed by atoms with Crippen LogP contribution < -0.4 is 10.6 Å². The lowest BCUT2D eigenvalue weighted by Gasteiger charge is -2.21. The fraction of sp³-hybridized carbons (Fsp3) is 0.385. The predicted octanol–water partition coefficient (Wildman–Crippen LogP) is 2.37. The summed E-state index contributed by atoms with van der Waals surface area (Å²) in [5.74, 6) is 0. The molecule has 0 aromatic carbocycles. The van der Waals surface area contributed by atoms with Gasteiger partial charge in [0.25, 0.3) is 0 Å². The van der Waals surface area contributed by atoms with Crippen molar-refractivity contribution in [2.24, 2.45) is 0 Å². The SMILES string of the molecule is O=C(Nc1nccs1)N1CCCN(C(=O)Nc2nccs2)CC1. The fourth-order valence-electron chi connectivity index (χ4n) is 2.24. The Balaban J connectivity index is 1.52. The summed E-state index contributed by atoms with van der Waals surface area (Å²) < 4.78 is 0. The van der Waals surface area contributed by atoms with Crippen LogP contribution in [0.25, 0.3) is 0 Å². The third-order valence-corrected chi connectivity index (χ3v) is 4.74. The molecule has 3 heterocycles. The maximum atomic E-state index is 12.2. The number of hydrogen-bond donors (Lipinski definition) is 2. The summed E-state index contributed by atoms with van der Waals surface area (Å²) in [7, 11) is 0. The number of nitrogens with one attached hydrogen (secondary N) is 2. The highest BCUT2D eigenvalue weighted by molar-refractivity contribution is 7.14. The molecule has 23 heavy (non-hydrogen) atoms. The number of hydrogen-bond acceptors (Lipinski definition) is 6. The molecule has 0 aliphatic carbocycles. The van der Waals surface area contributed by atoms with Crippen molar-refractivity contribution in [3.05, 3.63) is 23.2 Å². The van der Waals surface area contributed by atoms with Crippen molar-refractivity contribution < 1.29 is 9.59 Å². The molecule has 2 N–H and O–H groups in total. The summed E-state index contributed by atoms with van der Waals surface area (Å²) in [6.45, 7) is 2.20. The van der Waals surface area contributed by atoms with Gasteiger partial charge in [-0.2, -0.15) is 0 Å². The maximum absolute atomic E-state index is 12.2. The number of urea groups is 2. The quantitative estimate of drug-likeness (QED) is 0.868. The molecule has 0 radical (unpaired) electrons. The first-order valence-corrected chi connectivity index (χ1v) is 8.89. The molecule has 2 aromatic rings. The van der Waals surface area contributed by atoms with Crippen molar-refractivity contribution in [1.82, 2.24) is 19.8 Å². The topological polar surface area (TPSA) is 90.5 Å². The van der Waals surface area contributed by atoms with Crippen molar-refractivity contribution >= 4 is 45.0 Å². The van der Waals surface area contributed by atoms with Gasteiger partial charge >= 0.3 is 12.1 Å². The van der Waals surface area contributed by atoms with Crippen molar-refractivity contribution in [2.45, 2.75) is 6.42 Å². The van der Waals surface area contributed by atoms with Gasteiger partial charge in [0.1, 0.15) is 0 Å². The molecule has 10 heteroatoms. The normalized spacial score (nSPS) is 15.1. The van der Waals surface area contributed by atoms with E-state index in [9.17, 15) is 9.59 Å². The van der Waals surface area contributed by atoms with Crippen LogP contribution in [0.2, 0.25) is 0 Å². The van der Waals surface area contributed by atoms with Crippen molar-refractivity contribution in [2.75, 3.05) is 36.8 Å². The lowest BCUT2D eigenvalue weighted by Crippen LogP contribution is -2.40. The van der Waals surface area contributed by atoms with E-state index in [-0.39, 0.29) is 12.1 Å². The van der Waals surface area contributed by atoms with Crippen LogP contribution in [0, 0.1) is 0 Å². The molecule has 0 saturated carbocycles. The first-order valence-electron chi connectivity index (χ1n) is 7.13. The van der Waals surface area contributed by atoms with Gasteiger partial charge in [-0.15, -0.1) is 22.7 Å². The molecule has 0 bridgehead atoms. The lowest BCUT2D eigenvalue weighted by molar-refractivity contribution is 0.205. The van der Waals surface area contributed by atoms with E-state index in [2.05, 4.69) is 20.6 Å². The Morgan fingerprint density at radius 2 is 1.35 bits per heavy atom. The minimum absolute atomic E-state index is 0.179. The minimum atomic E-state index is -0.179. The largest absolute Gasteiger partial charge is 0.323 e. The Kier molecular flexibility index (Phi) is 5.03. The van der Waals surface area contributed by atoms with E-state index in [0.717, 1.165) is 6.42 Å². The first kappa shape index (κ1) is 15.7. The monoisotopic (exact) mass is 352 g/mol. The highest BCUT2D eigenvalue weighted by Gasteiger charge is 2.22. The lowest BCUT2D eigenvalue weighted by atomic mass is 10.4. The third kappa shape index (κ3) is 4.17. The van der Waals surface area contributed by atoms with Gasteiger partial charge in [0, 0.05) is 49.3 Å². The molecular weight excluding hydrogens is 336 g/mol. The van der Waals surface area contributed by atoms with E-state index in [1.165, 1.54) is 22.7 Å². The van der Waals surface area contributed by atoms with E-state index in [1.54, 1.807) is 22.2 Å². The first-order chi connectivity index (χ1) is 11.2. The number of aromatic nitrogens is 2. The second kappa shape index (κ2) is 7.38. The van der Waals surface area contributed by atoms with Crippen LogP contribution in [-0.4, -0.2) is 58.0 Å². The molecule has 0 unspecified atom stereocenters. The second-order valence-electron chi connectivity index (χ2n) is 4.86. The van der Waals surface area contributed by atoms with Crippen molar-refractivity contribution in [3.63, 3.8) is 0 Å². The zero-order chi connectivity index (χ0) is 16.1. The molecule has 0 atom stereocenters. The molecule has 1 aliphatic heterocycles. The van der Waals surface area contributed by atoms with Crippen LogP contribution in [0.4, 0.5) is 19.9 Å². The molecule has 4 amide bonds. The Hall–Kier alpha value is -2.20. The van der Waals surface area contributed by atoms with Gasteiger partial charge in [-0.25, -0.2) is 19.6 Å². The summed E-state index contributed by atoms with van der Waals surface area (Å²) in [6.07, 6.45) is 4.03. The Morgan fingerprint density at radius 3 is 1.74 bits per heavy atom. The van der Waals surface area contributed by atoms with Crippen molar-refractivity contribution in [3.8, 4) is 0 Å². The average Bonchev–Trinajstić information content (AvgIpc) is 3.17. The predicted molar refractivity (Wildman–Crippen MR) is 90.0 cm³/mol. The molecule has 122 valence electrons. The smallest absolute Gasteiger partial charge is 0.323 e. The molecule has 1 fully saturated rings. The molecule has 3 rings (SSSR count). The van der Waals surface area contributed by atoms with Gasteiger partial charge in [0.15, 0.2) is 10.3 Å². The van der Waals surface area contributed by atoms with Crippen LogP contribution in [0.3, 0.4) is 0 Å². The number of carbonyl (C=O) groups is 2. The Labute approximate surface area is 141 Å². The third-order valence-electron chi connectivity index (χ3n) is 3.36. The van der Waals surface area contributed by atoms with Crippen LogP contribution in [-0.2, 0) is 0 Å². The van der Waals surface area contributed by atoms with Crippen LogP contribution in [0.5, 0.6) is 0 Å². The summed E-state index contributed by atoms with van der Waals surface area (Å²) in [5, 5.41) is 10.3. The van der Waals surface area contributed by atoms with Gasteiger partial charge in [-0.1, -0.05) is 0 Å². The van der Waals surface area contributed by atoms with E-state index in [1.807, 2.05) is 10.8 Å². The number of rotatable bonds is 2. The number of anilines is 2. The zero-order valence-corrected chi connectivity index (χ0v) is 13.9. The highest BCUT2D eigenvalue weighted by atomic mass is 32.1. The van der Waals surface area contributed by atoms with Gasteiger partial charge in [-0.05, 0) is 6.42 Å². The summed E-state index contributed by atoms with van der Waals surface area (Å²) in [5.41, 5.74) is 0. The molecular formula is C13H16N6O2S2. The van der Waals surface area contributed by atoms with E-state index < -0.39 is 0 Å². The average molecular weight is 352 g/mol. The minimum Gasteiger partial charge on any atom is -0.323 e. The molecule has 0 spiro atoms. The molecule has 2 aromatic heterocycles. The van der Waals surface area contributed by atoms with E-state index in [4.69, 9.17) is 0 Å². The fourth-order valence-corrected chi connectivity index (χ4v) is 3.27. The maximum Gasteiger partial charge on any atom is 0.323 e. The number of nitrogens with zero attached hydrogens (tertiary/aromatic N) is 4. The number of amides is 4. The molecule has 8 nitrogen and oxygen atoms in total. The standard InChI is InChI=1S/C13H16N6O2S2/c20-12(16-10-14-2-8-22-10)18-4-1-5-19(7-6-18)13(21)17-11-15-3-9-23-11/h2-3,8-9H,1,4-7H2,(H,14,16,20)(H,15,17,21). The van der Waals surface area contributed by atoms with Gasteiger partial charge in [-0.3, -0.25) is 10.6 Å². The highest BCUT2D eigenvalue weighted by Crippen LogP contribution is 2.14. The number of carbonyl (C=O) groups excluding carboxylic acids is 2. The van der Waals surface area contributed by atoms with Gasteiger partial charge in [0.05, 0.1) is 0 Å². The van der Waals surface area contributed by atoms with E-state index in [0.29, 0.717) is 36.4 Å². The van der Waals surface area contributed by atoms with Crippen LogP contribution in [0.1, 0.15) is 6.42 Å². The van der Waals surface area contributed by atoms with E-state index >= 15 is 0 Å². The Morgan fingerprint density at radius 1 is 0.870 bits per heavy atom. The summed E-state index contributed by atoms with van der Waals surface area (Å²) in [6, 6.07) is -0.357. The van der Waals surface area contributed by atoms with Crippen molar-refractivity contribution in [1.29, 1.82) is 0 Å². The molecule has 1 aliphatic rings. The Bertz CT molecular complexity index is 589. The van der Waals surface area contributed by atoms with Crippen LogP contribution in [0.15, 0.2) is 23.2 Å². The number of thiazole rings is 2. The van der Waals surface area contributed by atoms with Gasteiger partial charge < -0.3 is 9.80 Å². The van der Waals surface area contributed by atoms with Gasteiger partial charge in [0.2, 0.25) is 0 Å². The summed E-state index contributed by atoms with van der Waals surface area (Å²) >= 11 is 2.76. The molecule has 1 saturated heterocycles. The van der Waals surface area contributed by atoms with Crippen LogP contribution >= 0.6 is 22.7 Å². The second-order valence-corrected chi connectivity index (χ2v) is 6.65. The zero-order valence-electron chi connectivity index (χ0n) is 12.3.